The molecule has 4 rings (SSSR count). The number of amides is 1. The maximum Gasteiger partial charge on any atom is 0.243 e. The largest absolute Gasteiger partial charge is 0.331 e. The third-order valence-electron chi connectivity index (χ3n) is 5.31. The van der Waals surface area contributed by atoms with Crippen LogP contribution in [0.3, 0.4) is 0 Å². The number of rotatable bonds is 5. The predicted molar refractivity (Wildman–Crippen MR) is 115 cm³/mol. The van der Waals surface area contributed by atoms with Gasteiger partial charge in [0.2, 0.25) is 15.9 Å². The average molecular weight is 436 g/mol. The SMILES string of the molecule is Cn1c(CCC(=O)NC2=NCCS2)nc2cc(S(=O)(=O)N3CCCCC3)ccc21. The third kappa shape index (κ3) is 4.34. The lowest BCUT2D eigenvalue weighted by Gasteiger charge is -2.25. The number of nitrogens with one attached hydrogen (secondary N) is 1. The van der Waals surface area contributed by atoms with E-state index in [1.54, 1.807) is 34.3 Å². The molecular formula is C19H25N5O3S2. The maximum atomic E-state index is 12.9. The van der Waals surface area contributed by atoms with Crippen LogP contribution in [0.1, 0.15) is 31.5 Å². The molecule has 0 atom stereocenters. The highest BCUT2D eigenvalue weighted by Crippen LogP contribution is 2.25. The number of benzene rings is 1. The van der Waals surface area contributed by atoms with E-state index in [1.165, 1.54) is 0 Å². The molecule has 0 bridgehead atoms. The lowest BCUT2D eigenvalue weighted by atomic mass is 10.2. The van der Waals surface area contributed by atoms with Crippen LogP contribution in [0.25, 0.3) is 11.0 Å². The van der Waals surface area contributed by atoms with Crippen molar-refractivity contribution in [3.63, 3.8) is 0 Å². The minimum atomic E-state index is -3.49. The van der Waals surface area contributed by atoms with Crippen molar-refractivity contribution in [1.29, 1.82) is 0 Å². The van der Waals surface area contributed by atoms with E-state index in [-0.39, 0.29) is 10.8 Å². The van der Waals surface area contributed by atoms with Crippen LogP contribution < -0.4 is 5.32 Å². The quantitative estimate of drug-likeness (QED) is 0.774. The number of amidine groups is 1. The summed E-state index contributed by atoms with van der Waals surface area (Å²) in [6.45, 7) is 1.90. The van der Waals surface area contributed by atoms with E-state index in [4.69, 9.17) is 0 Å². The summed E-state index contributed by atoms with van der Waals surface area (Å²) in [6.07, 6.45) is 3.66. The van der Waals surface area contributed by atoms with E-state index in [9.17, 15) is 13.2 Å². The Balaban J connectivity index is 1.50. The molecule has 1 aromatic heterocycles. The van der Waals surface area contributed by atoms with E-state index in [2.05, 4.69) is 15.3 Å². The van der Waals surface area contributed by atoms with Crippen molar-refractivity contribution >= 4 is 43.9 Å². The van der Waals surface area contributed by atoms with Gasteiger partial charge in [0.1, 0.15) is 5.82 Å². The summed E-state index contributed by atoms with van der Waals surface area (Å²) in [5.41, 5.74) is 1.49. The molecule has 10 heteroatoms. The van der Waals surface area contributed by atoms with Crippen LogP contribution in [0, 0.1) is 0 Å². The number of imidazole rings is 1. The van der Waals surface area contributed by atoms with Crippen molar-refractivity contribution in [2.24, 2.45) is 12.0 Å². The fourth-order valence-electron chi connectivity index (χ4n) is 3.69. The topological polar surface area (TPSA) is 96.7 Å². The average Bonchev–Trinajstić information content (AvgIpc) is 3.34. The molecule has 8 nitrogen and oxygen atoms in total. The summed E-state index contributed by atoms with van der Waals surface area (Å²) in [6, 6.07) is 5.10. The molecular weight excluding hydrogens is 410 g/mol. The zero-order valence-corrected chi connectivity index (χ0v) is 18.1. The highest BCUT2D eigenvalue weighted by atomic mass is 32.2. The molecule has 3 heterocycles. The second-order valence-electron chi connectivity index (χ2n) is 7.29. The summed E-state index contributed by atoms with van der Waals surface area (Å²) in [4.78, 5) is 21.2. The second kappa shape index (κ2) is 8.45. The number of hydrogen-bond donors (Lipinski definition) is 1. The van der Waals surface area contributed by atoms with Gasteiger partial charge in [0.25, 0.3) is 0 Å². The molecule has 0 radical (unpaired) electrons. The smallest absolute Gasteiger partial charge is 0.243 e. The highest BCUT2D eigenvalue weighted by Gasteiger charge is 2.26. The number of sulfonamides is 1. The molecule has 1 fully saturated rings. The van der Waals surface area contributed by atoms with Crippen molar-refractivity contribution in [2.75, 3.05) is 25.4 Å². The van der Waals surface area contributed by atoms with E-state index < -0.39 is 10.0 Å². The minimum Gasteiger partial charge on any atom is -0.331 e. The Labute approximate surface area is 174 Å². The second-order valence-corrected chi connectivity index (χ2v) is 10.3. The van der Waals surface area contributed by atoms with E-state index >= 15 is 0 Å². The lowest BCUT2D eigenvalue weighted by molar-refractivity contribution is -0.119. The van der Waals surface area contributed by atoms with Gasteiger partial charge in [-0.2, -0.15) is 4.31 Å². The molecule has 0 aliphatic carbocycles. The number of thioether (sulfide) groups is 1. The molecule has 0 unspecified atom stereocenters. The highest BCUT2D eigenvalue weighted by molar-refractivity contribution is 8.14. The van der Waals surface area contributed by atoms with Crippen molar-refractivity contribution in [2.45, 2.75) is 37.0 Å². The summed E-state index contributed by atoms with van der Waals surface area (Å²) in [7, 11) is -1.60. The Kier molecular flexibility index (Phi) is 5.93. The van der Waals surface area contributed by atoms with Gasteiger partial charge in [-0.25, -0.2) is 13.4 Å². The van der Waals surface area contributed by atoms with Gasteiger partial charge in [0.15, 0.2) is 5.17 Å². The fourth-order valence-corrected chi connectivity index (χ4v) is 5.97. The zero-order chi connectivity index (χ0) is 20.4. The molecule has 29 heavy (non-hydrogen) atoms. The molecule has 156 valence electrons. The van der Waals surface area contributed by atoms with Gasteiger partial charge in [-0.05, 0) is 31.0 Å². The van der Waals surface area contributed by atoms with Crippen LogP contribution in [0.4, 0.5) is 0 Å². The van der Waals surface area contributed by atoms with Crippen molar-refractivity contribution in [1.82, 2.24) is 19.2 Å². The molecule has 1 aromatic carbocycles. The van der Waals surface area contributed by atoms with Crippen LogP contribution in [-0.4, -0.2) is 58.7 Å². The Bertz CT molecular complexity index is 1060. The van der Waals surface area contributed by atoms with Gasteiger partial charge in [-0.15, -0.1) is 0 Å². The molecule has 1 amide bonds. The lowest BCUT2D eigenvalue weighted by Crippen LogP contribution is -2.35. The van der Waals surface area contributed by atoms with Gasteiger partial charge < -0.3 is 9.88 Å². The molecule has 1 N–H and O–H groups in total. The number of aromatic nitrogens is 2. The van der Waals surface area contributed by atoms with Crippen molar-refractivity contribution < 1.29 is 13.2 Å². The number of hydrogen-bond acceptors (Lipinski definition) is 6. The Morgan fingerprint density at radius 2 is 2.03 bits per heavy atom. The monoisotopic (exact) mass is 435 g/mol. The van der Waals surface area contributed by atoms with E-state index in [0.717, 1.165) is 42.9 Å². The van der Waals surface area contributed by atoms with Crippen LogP contribution >= 0.6 is 11.8 Å². The van der Waals surface area contributed by atoms with Gasteiger partial charge in [0.05, 0.1) is 22.5 Å². The first kappa shape index (κ1) is 20.4. The van der Waals surface area contributed by atoms with Gasteiger partial charge >= 0.3 is 0 Å². The van der Waals surface area contributed by atoms with Gasteiger partial charge in [-0.1, -0.05) is 18.2 Å². The van der Waals surface area contributed by atoms with Crippen LogP contribution in [-0.2, 0) is 28.3 Å². The summed E-state index contributed by atoms with van der Waals surface area (Å²) in [5, 5.41) is 3.51. The number of nitrogens with zero attached hydrogens (tertiary/aromatic N) is 4. The first-order valence-corrected chi connectivity index (χ1v) is 12.3. The van der Waals surface area contributed by atoms with E-state index in [1.807, 2.05) is 11.6 Å². The number of carbonyl (C=O) groups excluding carboxylic acids is 1. The van der Waals surface area contributed by atoms with Gasteiger partial charge in [-0.3, -0.25) is 9.79 Å². The number of fused-ring (bicyclic) bond motifs is 1. The van der Waals surface area contributed by atoms with Crippen molar-refractivity contribution in [3.8, 4) is 0 Å². The Hall–Kier alpha value is -1.91. The minimum absolute atomic E-state index is 0.0847. The van der Waals surface area contributed by atoms with Crippen LogP contribution in [0.2, 0.25) is 0 Å². The number of aryl methyl sites for hydroxylation is 2. The fraction of sp³-hybridized carbons (Fsp3) is 0.526. The molecule has 2 aromatic rings. The molecule has 2 aliphatic heterocycles. The number of piperidine rings is 1. The first-order chi connectivity index (χ1) is 13.9. The third-order valence-corrected chi connectivity index (χ3v) is 8.09. The first-order valence-electron chi connectivity index (χ1n) is 9.88. The Morgan fingerprint density at radius 1 is 1.24 bits per heavy atom. The summed E-state index contributed by atoms with van der Waals surface area (Å²) >= 11 is 1.55. The van der Waals surface area contributed by atoms with Crippen molar-refractivity contribution in [3.05, 3.63) is 24.0 Å². The summed E-state index contributed by atoms with van der Waals surface area (Å²) in [5.74, 6) is 1.57. The summed E-state index contributed by atoms with van der Waals surface area (Å²) < 4.78 is 29.3. The van der Waals surface area contributed by atoms with Crippen LogP contribution in [0.5, 0.6) is 0 Å². The maximum absolute atomic E-state index is 12.9. The number of carbonyl (C=O) groups is 1. The molecule has 0 saturated carbocycles. The zero-order valence-electron chi connectivity index (χ0n) is 16.4. The molecule has 2 aliphatic rings. The Morgan fingerprint density at radius 3 is 2.76 bits per heavy atom. The predicted octanol–water partition coefficient (Wildman–Crippen LogP) is 1.90. The number of aliphatic imine (C=N–C) groups is 1. The van der Waals surface area contributed by atoms with Crippen LogP contribution in [0.15, 0.2) is 28.1 Å². The molecule has 1 saturated heterocycles. The van der Waals surface area contributed by atoms with E-state index in [0.29, 0.717) is 36.6 Å². The standard InChI is InChI=1S/C19H25N5O3S2/c1-23-16-6-5-14(29(26,27)24-10-3-2-4-11-24)13-15(16)21-17(23)7-8-18(25)22-19-20-9-12-28-19/h5-6,13H,2-4,7-12H2,1H3,(H,20,22,25). The van der Waals surface area contributed by atoms with Gasteiger partial charge in [0, 0.05) is 38.7 Å². The normalized spacial score (nSPS) is 18.2. The molecule has 0 spiro atoms.